The normalized spacial score (nSPS) is 20.1. The number of ether oxygens (including phenoxy) is 3. The van der Waals surface area contributed by atoms with Crippen LogP contribution in [-0.2, 0) is 14.3 Å². The van der Waals surface area contributed by atoms with Crippen molar-refractivity contribution in [2.45, 2.75) is 25.9 Å². The van der Waals surface area contributed by atoms with Crippen LogP contribution in [0.1, 0.15) is 19.8 Å². The maximum absolute atomic E-state index is 12.6. The van der Waals surface area contributed by atoms with Crippen molar-refractivity contribution in [1.29, 1.82) is 0 Å². The third-order valence-corrected chi connectivity index (χ3v) is 4.73. The number of benzene rings is 1. The number of carbonyl (C=O) groups is 2. The molecule has 1 aromatic carbocycles. The highest BCUT2D eigenvalue weighted by atomic mass is 16.5. The molecule has 8 nitrogen and oxygen atoms in total. The summed E-state index contributed by atoms with van der Waals surface area (Å²) < 4.78 is 16.4. The lowest BCUT2D eigenvalue weighted by Crippen LogP contribution is -2.48. The van der Waals surface area contributed by atoms with E-state index in [-0.39, 0.29) is 18.0 Å². The van der Waals surface area contributed by atoms with Crippen molar-refractivity contribution in [2.75, 3.05) is 56.8 Å². The molecule has 0 radical (unpaired) electrons. The average Bonchev–Trinajstić information content (AvgIpc) is 3.12. The van der Waals surface area contributed by atoms with E-state index in [0.29, 0.717) is 63.0 Å². The van der Waals surface area contributed by atoms with Gasteiger partial charge in [0.25, 0.3) is 0 Å². The minimum absolute atomic E-state index is 0.0729. The Morgan fingerprint density at radius 3 is 2.93 bits per heavy atom. The Bertz CT molecular complexity index is 681. The van der Waals surface area contributed by atoms with Crippen molar-refractivity contribution >= 4 is 23.3 Å². The predicted octanol–water partition coefficient (Wildman–Crippen LogP) is 2.09. The summed E-state index contributed by atoms with van der Waals surface area (Å²) in [5.41, 5.74) is 1.32. The second-order valence-electron chi connectivity index (χ2n) is 6.56. The summed E-state index contributed by atoms with van der Waals surface area (Å²) in [7, 11) is 1.57. The molecule has 2 aliphatic rings. The van der Waals surface area contributed by atoms with Crippen molar-refractivity contribution in [3.8, 4) is 5.75 Å². The van der Waals surface area contributed by atoms with Crippen molar-refractivity contribution in [3.05, 3.63) is 18.2 Å². The van der Waals surface area contributed by atoms with E-state index >= 15 is 0 Å². The number of nitrogens with zero attached hydrogens (tertiary/aromatic N) is 2. The van der Waals surface area contributed by atoms with Crippen LogP contribution in [0.5, 0.6) is 5.75 Å². The van der Waals surface area contributed by atoms with E-state index in [4.69, 9.17) is 14.2 Å². The van der Waals surface area contributed by atoms with Crippen molar-refractivity contribution in [2.24, 2.45) is 0 Å². The fraction of sp³-hybridized carbons (Fsp3) is 0.579. The Morgan fingerprint density at radius 1 is 1.37 bits per heavy atom. The third kappa shape index (κ3) is 4.70. The van der Waals surface area contributed by atoms with Gasteiger partial charge < -0.3 is 29.3 Å². The first kappa shape index (κ1) is 19.4. The van der Waals surface area contributed by atoms with Gasteiger partial charge in [-0.05, 0) is 31.5 Å². The van der Waals surface area contributed by atoms with Gasteiger partial charge in [0.05, 0.1) is 38.7 Å². The minimum Gasteiger partial charge on any atom is -0.495 e. The first-order chi connectivity index (χ1) is 13.1. The minimum atomic E-state index is -0.191. The van der Waals surface area contributed by atoms with E-state index in [1.54, 1.807) is 35.1 Å². The number of nitrogens with one attached hydrogen (secondary N) is 1. The zero-order valence-electron chi connectivity index (χ0n) is 15.9. The number of rotatable bonds is 6. The number of methoxy groups -OCH3 is 1. The highest BCUT2D eigenvalue weighted by molar-refractivity contribution is 5.98. The summed E-state index contributed by atoms with van der Waals surface area (Å²) in [6.45, 7) is 5.19. The zero-order valence-corrected chi connectivity index (χ0v) is 15.9. The molecule has 0 aromatic heterocycles. The smallest absolute Gasteiger partial charge is 0.322 e. The summed E-state index contributed by atoms with van der Waals surface area (Å²) in [6.07, 6.45) is 1.25. The Balaban J connectivity index is 1.67. The molecule has 0 spiro atoms. The molecule has 3 amide bonds. The number of anilines is 2. The van der Waals surface area contributed by atoms with Gasteiger partial charge in [0.1, 0.15) is 5.75 Å². The fourth-order valence-corrected chi connectivity index (χ4v) is 3.34. The van der Waals surface area contributed by atoms with Gasteiger partial charge in [0, 0.05) is 31.8 Å². The SMILES string of the molecule is CCOCC1CN(C(=O)Nc2ccc(OC)c(N3CCCC3=O)c2)CCO1. The molecular formula is C19H27N3O5. The lowest BCUT2D eigenvalue weighted by molar-refractivity contribution is -0.117. The molecule has 1 aromatic rings. The van der Waals surface area contributed by atoms with Crippen molar-refractivity contribution in [1.82, 2.24) is 4.90 Å². The molecule has 8 heteroatoms. The van der Waals surface area contributed by atoms with E-state index in [0.717, 1.165) is 6.42 Å². The van der Waals surface area contributed by atoms with Gasteiger partial charge in [-0.3, -0.25) is 4.79 Å². The Kier molecular flexibility index (Phi) is 6.52. The predicted molar refractivity (Wildman–Crippen MR) is 101 cm³/mol. The number of carbonyl (C=O) groups excluding carboxylic acids is 2. The Morgan fingerprint density at radius 2 is 2.22 bits per heavy atom. The van der Waals surface area contributed by atoms with Gasteiger partial charge in [0.15, 0.2) is 0 Å². The average molecular weight is 377 g/mol. The van der Waals surface area contributed by atoms with Crippen LogP contribution in [0.4, 0.5) is 16.2 Å². The molecule has 1 unspecified atom stereocenters. The maximum atomic E-state index is 12.6. The van der Waals surface area contributed by atoms with Crippen LogP contribution in [0.3, 0.4) is 0 Å². The summed E-state index contributed by atoms with van der Waals surface area (Å²) in [5.74, 6) is 0.690. The number of amides is 3. The molecule has 2 saturated heterocycles. The van der Waals surface area contributed by atoms with Crippen LogP contribution in [0.25, 0.3) is 0 Å². The van der Waals surface area contributed by atoms with Crippen LogP contribution in [0.2, 0.25) is 0 Å². The van der Waals surface area contributed by atoms with Gasteiger partial charge in [-0.1, -0.05) is 0 Å². The Labute approximate surface area is 159 Å². The van der Waals surface area contributed by atoms with Gasteiger partial charge >= 0.3 is 6.03 Å². The van der Waals surface area contributed by atoms with Crippen molar-refractivity contribution in [3.63, 3.8) is 0 Å². The molecule has 0 saturated carbocycles. The lowest BCUT2D eigenvalue weighted by atomic mass is 10.2. The summed E-state index contributed by atoms with van der Waals surface area (Å²) in [5, 5.41) is 2.92. The van der Waals surface area contributed by atoms with E-state index in [9.17, 15) is 9.59 Å². The molecule has 2 fully saturated rings. The third-order valence-electron chi connectivity index (χ3n) is 4.73. The number of hydrogen-bond donors (Lipinski definition) is 1. The highest BCUT2D eigenvalue weighted by Crippen LogP contribution is 2.34. The summed E-state index contributed by atoms with van der Waals surface area (Å²) >= 11 is 0. The standard InChI is InChI=1S/C19H27N3O5/c1-3-26-13-15-12-21(9-10-27-15)19(24)20-14-6-7-17(25-2)16(11-14)22-8-4-5-18(22)23/h6-7,11,15H,3-5,8-10,12-13H2,1-2H3,(H,20,24). The van der Waals surface area contributed by atoms with E-state index < -0.39 is 0 Å². The van der Waals surface area contributed by atoms with E-state index in [1.807, 2.05) is 6.92 Å². The second-order valence-corrected chi connectivity index (χ2v) is 6.56. The van der Waals surface area contributed by atoms with Gasteiger partial charge in [-0.25, -0.2) is 4.79 Å². The maximum Gasteiger partial charge on any atom is 0.322 e. The summed E-state index contributed by atoms with van der Waals surface area (Å²) in [4.78, 5) is 28.2. The Hall–Kier alpha value is -2.32. The molecule has 2 heterocycles. The van der Waals surface area contributed by atoms with Gasteiger partial charge in [-0.2, -0.15) is 0 Å². The first-order valence-corrected chi connectivity index (χ1v) is 9.36. The molecule has 27 heavy (non-hydrogen) atoms. The van der Waals surface area contributed by atoms with E-state index in [1.165, 1.54) is 0 Å². The number of urea groups is 1. The zero-order chi connectivity index (χ0) is 19.2. The largest absolute Gasteiger partial charge is 0.495 e. The number of hydrogen-bond acceptors (Lipinski definition) is 5. The van der Waals surface area contributed by atoms with Crippen LogP contribution in [0, 0.1) is 0 Å². The molecule has 0 aliphatic carbocycles. The molecule has 2 aliphatic heterocycles. The fourth-order valence-electron chi connectivity index (χ4n) is 3.34. The van der Waals surface area contributed by atoms with Crippen LogP contribution >= 0.6 is 0 Å². The molecule has 0 bridgehead atoms. The molecule has 1 N–H and O–H groups in total. The van der Waals surface area contributed by atoms with Crippen LogP contribution in [-0.4, -0.2) is 69.5 Å². The topological polar surface area (TPSA) is 80.3 Å². The van der Waals surface area contributed by atoms with E-state index in [2.05, 4.69) is 5.32 Å². The lowest BCUT2D eigenvalue weighted by Gasteiger charge is -2.32. The molecular weight excluding hydrogens is 350 g/mol. The van der Waals surface area contributed by atoms with Crippen LogP contribution in [0.15, 0.2) is 18.2 Å². The van der Waals surface area contributed by atoms with Crippen molar-refractivity contribution < 1.29 is 23.8 Å². The first-order valence-electron chi connectivity index (χ1n) is 9.36. The molecule has 1 atom stereocenters. The van der Waals surface area contributed by atoms with Crippen LogP contribution < -0.4 is 15.0 Å². The number of morpholine rings is 1. The summed E-state index contributed by atoms with van der Waals surface area (Å²) in [6, 6.07) is 5.15. The molecule has 3 rings (SSSR count). The van der Waals surface area contributed by atoms with Gasteiger partial charge in [0.2, 0.25) is 5.91 Å². The highest BCUT2D eigenvalue weighted by Gasteiger charge is 2.27. The van der Waals surface area contributed by atoms with Gasteiger partial charge in [-0.15, -0.1) is 0 Å². The molecule has 148 valence electrons. The quantitative estimate of drug-likeness (QED) is 0.821. The monoisotopic (exact) mass is 377 g/mol. The second kappa shape index (κ2) is 9.05.